The van der Waals surface area contributed by atoms with E-state index in [0.717, 1.165) is 15.6 Å². The Bertz CT molecular complexity index is 574. The predicted molar refractivity (Wildman–Crippen MR) is 87.8 cm³/mol. The minimum atomic E-state index is -0.749. The second-order valence-electron chi connectivity index (χ2n) is 5.82. The number of methoxy groups -OCH3 is 2. The summed E-state index contributed by atoms with van der Waals surface area (Å²) in [6.45, 7) is 4.71. The third-order valence-corrected chi connectivity index (χ3v) is 4.90. The van der Waals surface area contributed by atoms with Crippen LogP contribution in [-0.4, -0.2) is 31.8 Å². The lowest BCUT2D eigenvalue weighted by Gasteiger charge is -2.23. The van der Waals surface area contributed by atoms with E-state index in [4.69, 9.17) is 9.47 Å². The molecule has 1 aromatic rings. The maximum atomic E-state index is 11.2. The highest BCUT2D eigenvalue weighted by atomic mass is 79.9. The van der Waals surface area contributed by atoms with Crippen molar-refractivity contribution in [3.63, 3.8) is 0 Å². The van der Waals surface area contributed by atoms with Crippen LogP contribution >= 0.6 is 15.9 Å². The molecule has 1 aliphatic rings. The lowest BCUT2D eigenvalue weighted by molar-refractivity contribution is -0.141. The summed E-state index contributed by atoms with van der Waals surface area (Å²) in [5.41, 5.74) is 2.20. The highest BCUT2D eigenvalue weighted by Crippen LogP contribution is 2.45. The van der Waals surface area contributed by atoms with Gasteiger partial charge in [-0.25, -0.2) is 0 Å². The first-order valence-electron chi connectivity index (χ1n) is 7.31. The quantitative estimate of drug-likeness (QED) is 0.830. The maximum absolute atomic E-state index is 11.2. The molecule has 2 unspecified atom stereocenters. The van der Waals surface area contributed by atoms with Gasteiger partial charge in [0.1, 0.15) is 0 Å². The van der Waals surface area contributed by atoms with E-state index in [9.17, 15) is 9.90 Å². The summed E-state index contributed by atoms with van der Waals surface area (Å²) in [5, 5.41) is 12.5. The Balaban J connectivity index is 2.50. The summed E-state index contributed by atoms with van der Waals surface area (Å²) in [7, 11) is 3.21. The van der Waals surface area contributed by atoms with Gasteiger partial charge >= 0.3 is 5.97 Å². The number of aliphatic carboxylic acids is 1. The number of benzene rings is 1. The van der Waals surface area contributed by atoms with Crippen LogP contribution in [0.5, 0.6) is 11.5 Å². The molecule has 0 amide bonds. The van der Waals surface area contributed by atoms with Gasteiger partial charge in [-0.05, 0) is 45.5 Å². The molecule has 0 saturated carbocycles. The second-order valence-corrected chi connectivity index (χ2v) is 6.61. The lowest BCUT2D eigenvalue weighted by atomic mass is 9.90. The Morgan fingerprint density at radius 1 is 1.41 bits per heavy atom. The minimum Gasteiger partial charge on any atom is -0.493 e. The van der Waals surface area contributed by atoms with Crippen molar-refractivity contribution in [2.24, 2.45) is 5.92 Å². The van der Waals surface area contributed by atoms with E-state index in [-0.39, 0.29) is 17.9 Å². The van der Waals surface area contributed by atoms with E-state index in [1.54, 1.807) is 14.2 Å². The first kappa shape index (κ1) is 17.1. The third kappa shape index (κ3) is 3.08. The molecule has 0 bridgehead atoms. The molecule has 2 atom stereocenters. The average Bonchev–Trinajstić information content (AvgIpc) is 2.95. The Morgan fingerprint density at radius 3 is 2.55 bits per heavy atom. The number of carbonyl (C=O) groups is 1. The van der Waals surface area contributed by atoms with Gasteiger partial charge in [0, 0.05) is 12.6 Å². The van der Waals surface area contributed by atoms with Crippen LogP contribution in [0.3, 0.4) is 0 Å². The number of carboxylic acids is 1. The Hall–Kier alpha value is -1.27. The van der Waals surface area contributed by atoms with Crippen molar-refractivity contribution in [2.45, 2.75) is 32.2 Å². The van der Waals surface area contributed by atoms with Gasteiger partial charge in [0.15, 0.2) is 11.5 Å². The molecular formula is C16H22BrNO4. The van der Waals surface area contributed by atoms with Crippen molar-refractivity contribution >= 4 is 21.9 Å². The first-order chi connectivity index (χ1) is 10.4. The fourth-order valence-corrected chi connectivity index (χ4v) is 4.06. The molecular weight excluding hydrogens is 350 g/mol. The van der Waals surface area contributed by atoms with Crippen LogP contribution in [0.15, 0.2) is 10.5 Å². The van der Waals surface area contributed by atoms with E-state index >= 15 is 0 Å². The topological polar surface area (TPSA) is 67.8 Å². The number of hydrogen-bond donors (Lipinski definition) is 2. The Kier molecular flexibility index (Phi) is 5.34. The molecule has 0 aromatic heterocycles. The molecule has 1 aromatic carbocycles. The van der Waals surface area contributed by atoms with Crippen LogP contribution in [0, 0.1) is 5.92 Å². The molecule has 1 saturated heterocycles. The van der Waals surface area contributed by atoms with Crippen LogP contribution in [0.2, 0.25) is 0 Å². The summed E-state index contributed by atoms with van der Waals surface area (Å²) >= 11 is 3.63. The summed E-state index contributed by atoms with van der Waals surface area (Å²) in [4.78, 5) is 11.2. The Morgan fingerprint density at radius 2 is 2.09 bits per heavy atom. The van der Waals surface area contributed by atoms with Gasteiger partial charge < -0.3 is 19.9 Å². The van der Waals surface area contributed by atoms with Gasteiger partial charge in [-0.1, -0.05) is 13.8 Å². The van der Waals surface area contributed by atoms with E-state index in [1.165, 1.54) is 0 Å². The van der Waals surface area contributed by atoms with Crippen LogP contribution in [-0.2, 0) is 4.79 Å². The van der Waals surface area contributed by atoms with E-state index in [2.05, 4.69) is 35.1 Å². The van der Waals surface area contributed by atoms with Gasteiger partial charge in [0.2, 0.25) is 0 Å². The molecule has 1 aliphatic heterocycles. The maximum Gasteiger partial charge on any atom is 0.307 e. The van der Waals surface area contributed by atoms with Crippen molar-refractivity contribution in [1.82, 2.24) is 5.32 Å². The lowest BCUT2D eigenvalue weighted by Crippen LogP contribution is -2.18. The fourth-order valence-electron chi connectivity index (χ4n) is 3.02. The molecule has 22 heavy (non-hydrogen) atoms. The van der Waals surface area contributed by atoms with Gasteiger partial charge in [-0.2, -0.15) is 0 Å². The molecule has 2 N–H and O–H groups in total. The van der Waals surface area contributed by atoms with E-state index < -0.39 is 5.97 Å². The number of rotatable bonds is 5. The Labute approximate surface area is 139 Å². The second kappa shape index (κ2) is 6.87. The molecule has 0 spiro atoms. The summed E-state index contributed by atoms with van der Waals surface area (Å²) < 4.78 is 11.8. The van der Waals surface area contributed by atoms with Crippen LogP contribution in [0.25, 0.3) is 0 Å². The standard InChI is InChI=1S/C16H22BrNO4/c1-8(2)13-10(11-5-9(7-18-11)16(19)20)6-12(21-3)15(22-4)14(13)17/h6,8-9,11,18H,5,7H2,1-4H3,(H,19,20). The van der Waals surface area contributed by atoms with E-state index in [1.807, 2.05) is 6.07 Å². The summed E-state index contributed by atoms with van der Waals surface area (Å²) in [5.74, 6) is 0.490. The van der Waals surface area contributed by atoms with Crippen LogP contribution < -0.4 is 14.8 Å². The molecule has 2 rings (SSSR count). The highest BCUT2D eigenvalue weighted by molar-refractivity contribution is 9.10. The number of nitrogens with one attached hydrogen (secondary N) is 1. The van der Waals surface area contributed by atoms with Crippen molar-refractivity contribution < 1.29 is 19.4 Å². The predicted octanol–water partition coefficient (Wildman–Crippen LogP) is 3.32. The zero-order chi connectivity index (χ0) is 16.4. The largest absolute Gasteiger partial charge is 0.493 e. The van der Waals surface area contributed by atoms with Gasteiger partial charge in [0.25, 0.3) is 0 Å². The average molecular weight is 372 g/mol. The SMILES string of the molecule is COc1cc(C2CC(C(=O)O)CN2)c(C(C)C)c(Br)c1OC. The first-order valence-corrected chi connectivity index (χ1v) is 8.10. The highest BCUT2D eigenvalue weighted by Gasteiger charge is 2.33. The minimum absolute atomic E-state index is 0.00889. The number of ether oxygens (including phenoxy) is 2. The third-order valence-electron chi connectivity index (χ3n) is 4.11. The van der Waals surface area contributed by atoms with Crippen molar-refractivity contribution in [3.8, 4) is 11.5 Å². The normalized spacial score (nSPS) is 21.2. The molecule has 0 aliphatic carbocycles. The molecule has 122 valence electrons. The van der Waals surface area contributed by atoms with Gasteiger partial charge in [-0.15, -0.1) is 0 Å². The molecule has 1 heterocycles. The van der Waals surface area contributed by atoms with Crippen molar-refractivity contribution in [3.05, 3.63) is 21.7 Å². The van der Waals surface area contributed by atoms with Crippen molar-refractivity contribution in [1.29, 1.82) is 0 Å². The zero-order valence-electron chi connectivity index (χ0n) is 13.3. The van der Waals surface area contributed by atoms with Crippen LogP contribution in [0.1, 0.15) is 43.4 Å². The van der Waals surface area contributed by atoms with Crippen molar-refractivity contribution in [2.75, 3.05) is 20.8 Å². The van der Waals surface area contributed by atoms with Crippen LogP contribution in [0.4, 0.5) is 0 Å². The zero-order valence-corrected chi connectivity index (χ0v) is 14.9. The van der Waals surface area contributed by atoms with Gasteiger partial charge in [0.05, 0.1) is 24.6 Å². The molecule has 6 heteroatoms. The monoisotopic (exact) mass is 371 g/mol. The molecule has 5 nitrogen and oxygen atoms in total. The summed E-state index contributed by atoms with van der Waals surface area (Å²) in [6, 6.07) is 1.97. The van der Waals surface area contributed by atoms with Gasteiger partial charge in [-0.3, -0.25) is 4.79 Å². The number of hydrogen-bond acceptors (Lipinski definition) is 4. The van der Waals surface area contributed by atoms with E-state index in [0.29, 0.717) is 24.5 Å². The number of carboxylic acid groups (broad SMARTS) is 1. The fraction of sp³-hybridized carbons (Fsp3) is 0.562. The number of halogens is 1. The molecule has 0 radical (unpaired) electrons. The molecule has 1 fully saturated rings. The summed E-state index contributed by atoms with van der Waals surface area (Å²) in [6.07, 6.45) is 0.580. The smallest absolute Gasteiger partial charge is 0.307 e.